The Labute approximate surface area is 187 Å². The molecule has 0 bridgehead atoms. The van der Waals surface area contributed by atoms with Gasteiger partial charge in [0.25, 0.3) is 5.56 Å². The van der Waals surface area contributed by atoms with Crippen LogP contribution in [-0.4, -0.2) is 28.7 Å². The van der Waals surface area contributed by atoms with Crippen LogP contribution in [0.5, 0.6) is 0 Å². The highest BCUT2D eigenvalue weighted by atomic mass is 35.5. The van der Waals surface area contributed by atoms with Gasteiger partial charge in [-0.3, -0.25) is 13.8 Å². The average Bonchev–Trinajstić information content (AvgIpc) is 3.32. The van der Waals surface area contributed by atoms with Gasteiger partial charge in [-0.15, -0.1) is 10.2 Å². The maximum absolute atomic E-state index is 12.8. The first-order valence-electron chi connectivity index (χ1n) is 10.1. The molecule has 0 unspecified atom stereocenters. The summed E-state index contributed by atoms with van der Waals surface area (Å²) in [5.41, 5.74) is 3.75. The molecule has 0 aliphatic heterocycles. The van der Waals surface area contributed by atoms with Gasteiger partial charge in [-0.25, -0.2) is 4.98 Å². The van der Waals surface area contributed by atoms with Crippen molar-refractivity contribution in [3.8, 4) is 0 Å². The number of imidazole rings is 1. The summed E-state index contributed by atoms with van der Waals surface area (Å²) in [6.07, 6.45) is 1.00. The van der Waals surface area contributed by atoms with Crippen molar-refractivity contribution < 1.29 is 0 Å². The van der Waals surface area contributed by atoms with Gasteiger partial charge in [-0.1, -0.05) is 41.9 Å². The molecule has 0 saturated heterocycles. The molecule has 2 aromatic carbocycles. The molecule has 0 radical (unpaired) electrons. The van der Waals surface area contributed by atoms with Crippen LogP contribution in [0.3, 0.4) is 0 Å². The summed E-state index contributed by atoms with van der Waals surface area (Å²) in [4.78, 5) is 17.6. The molecular formula is C22H21ClN6OS. The van der Waals surface area contributed by atoms with Crippen molar-refractivity contribution in [1.29, 1.82) is 0 Å². The van der Waals surface area contributed by atoms with Crippen LogP contribution in [-0.2, 0) is 19.3 Å². The monoisotopic (exact) mass is 452 g/mol. The summed E-state index contributed by atoms with van der Waals surface area (Å²) in [6.45, 7) is 5.01. The molecule has 0 saturated carbocycles. The molecule has 0 atom stereocenters. The minimum Gasteiger partial charge on any atom is -0.319 e. The minimum absolute atomic E-state index is 0.0700. The topological polar surface area (TPSA) is 70.0 Å². The lowest BCUT2D eigenvalue weighted by molar-refractivity contribution is 0.638. The van der Waals surface area contributed by atoms with Crippen LogP contribution in [0.4, 0.5) is 0 Å². The van der Waals surface area contributed by atoms with Crippen molar-refractivity contribution >= 4 is 51.1 Å². The summed E-state index contributed by atoms with van der Waals surface area (Å²) >= 11 is 7.78. The van der Waals surface area contributed by atoms with Crippen LogP contribution in [0.15, 0.2) is 46.3 Å². The van der Waals surface area contributed by atoms with E-state index in [9.17, 15) is 4.79 Å². The van der Waals surface area contributed by atoms with E-state index in [-0.39, 0.29) is 5.56 Å². The van der Waals surface area contributed by atoms with E-state index < -0.39 is 0 Å². The number of aromatic nitrogens is 6. The van der Waals surface area contributed by atoms with Crippen molar-refractivity contribution in [2.24, 2.45) is 7.05 Å². The fourth-order valence-electron chi connectivity index (χ4n) is 3.91. The second-order valence-electron chi connectivity index (χ2n) is 7.60. The molecule has 158 valence electrons. The van der Waals surface area contributed by atoms with E-state index in [0.29, 0.717) is 21.9 Å². The summed E-state index contributed by atoms with van der Waals surface area (Å²) in [5, 5.41) is 11.0. The molecule has 3 heterocycles. The van der Waals surface area contributed by atoms with E-state index in [1.807, 2.05) is 47.7 Å². The van der Waals surface area contributed by atoms with Crippen LogP contribution in [0.1, 0.15) is 24.7 Å². The first-order valence-corrected chi connectivity index (χ1v) is 11.5. The first-order chi connectivity index (χ1) is 15.0. The third-order valence-corrected chi connectivity index (χ3v) is 6.60. The van der Waals surface area contributed by atoms with Crippen LogP contribution in [0.2, 0.25) is 5.02 Å². The summed E-state index contributed by atoms with van der Waals surface area (Å²) < 4.78 is 5.74. The molecule has 3 aromatic heterocycles. The average molecular weight is 453 g/mol. The lowest BCUT2D eigenvalue weighted by atomic mass is 10.1. The largest absolute Gasteiger partial charge is 0.319 e. The quantitative estimate of drug-likeness (QED) is 0.364. The van der Waals surface area contributed by atoms with Gasteiger partial charge in [0.1, 0.15) is 5.82 Å². The molecule has 0 spiro atoms. The van der Waals surface area contributed by atoms with Gasteiger partial charge in [0.15, 0.2) is 5.16 Å². The normalized spacial score (nSPS) is 11.9. The minimum atomic E-state index is -0.0700. The third kappa shape index (κ3) is 3.30. The molecule has 0 fully saturated rings. The van der Waals surface area contributed by atoms with E-state index in [0.717, 1.165) is 46.1 Å². The summed E-state index contributed by atoms with van der Waals surface area (Å²) in [6, 6.07) is 11.7. The van der Waals surface area contributed by atoms with Crippen LogP contribution >= 0.6 is 23.4 Å². The Balaban J connectivity index is 1.60. The molecule has 0 amide bonds. The zero-order valence-corrected chi connectivity index (χ0v) is 19.0. The van der Waals surface area contributed by atoms with Crippen molar-refractivity contribution in [3.05, 3.63) is 63.2 Å². The van der Waals surface area contributed by atoms with Crippen LogP contribution in [0.25, 0.3) is 27.7 Å². The molecule has 5 rings (SSSR count). The maximum Gasteiger partial charge on any atom is 0.262 e. The lowest BCUT2D eigenvalue weighted by Crippen LogP contribution is -2.20. The molecular weight excluding hydrogens is 432 g/mol. The smallest absolute Gasteiger partial charge is 0.262 e. The van der Waals surface area contributed by atoms with Gasteiger partial charge < -0.3 is 4.57 Å². The SMILES string of the molecule is CCCn1c(SCc2nnc3n(C)c(=O)c4cc(C)ccc4n23)nc2cc(Cl)ccc21. The Morgan fingerprint density at radius 2 is 1.90 bits per heavy atom. The number of fused-ring (bicyclic) bond motifs is 4. The molecule has 9 heteroatoms. The Morgan fingerprint density at radius 1 is 1.10 bits per heavy atom. The standard InChI is InChI=1S/C22H21ClN6OS/c1-4-9-28-18-8-6-14(23)11-16(18)24-22(28)31-12-19-25-26-21-27(3)20(30)15-10-13(2)5-7-17(15)29(19)21/h5-8,10-11H,4,9,12H2,1-3H3. The predicted octanol–water partition coefficient (Wildman–Crippen LogP) is 4.60. The van der Waals surface area contributed by atoms with Crippen molar-refractivity contribution in [2.45, 2.75) is 37.7 Å². The van der Waals surface area contributed by atoms with Crippen molar-refractivity contribution in [2.75, 3.05) is 0 Å². The van der Waals surface area contributed by atoms with E-state index in [4.69, 9.17) is 16.6 Å². The Hall–Kier alpha value is -2.84. The van der Waals surface area contributed by atoms with Crippen molar-refractivity contribution in [3.63, 3.8) is 0 Å². The molecule has 5 aromatic rings. The molecule has 7 nitrogen and oxygen atoms in total. The van der Waals surface area contributed by atoms with Gasteiger partial charge in [-0.2, -0.15) is 0 Å². The van der Waals surface area contributed by atoms with Gasteiger partial charge in [-0.05, 0) is 43.7 Å². The first kappa shape index (κ1) is 20.1. The number of halogens is 1. The van der Waals surface area contributed by atoms with Crippen LogP contribution in [0, 0.1) is 6.92 Å². The fourth-order valence-corrected chi connectivity index (χ4v) is 5.03. The zero-order valence-electron chi connectivity index (χ0n) is 17.5. The Bertz CT molecular complexity index is 1520. The number of rotatable bonds is 5. The molecule has 31 heavy (non-hydrogen) atoms. The molecule has 0 aliphatic carbocycles. The highest BCUT2D eigenvalue weighted by Gasteiger charge is 2.17. The number of nitrogens with zero attached hydrogens (tertiary/aromatic N) is 6. The lowest BCUT2D eigenvalue weighted by Gasteiger charge is -2.09. The predicted molar refractivity (Wildman–Crippen MR) is 125 cm³/mol. The second-order valence-corrected chi connectivity index (χ2v) is 8.98. The van der Waals surface area contributed by atoms with E-state index >= 15 is 0 Å². The second kappa shape index (κ2) is 7.69. The number of hydrogen-bond donors (Lipinski definition) is 0. The Kier molecular flexibility index (Phi) is 4.98. The highest BCUT2D eigenvalue weighted by molar-refractivity contribution is 7.98. The number of aryl methyl sites for hydroxylation is 3. The number of hydrogen-bond acceptors (Lipinski definition) is 5. The van der Waals surface area contributed by atoms with Crippen LogP contribution < -0.4 is 5.56 Å². The molecule has 0 aliphatic rings. The maximum atomic E-state index is 12.8. The van der Waals surface area contributed by atoms with E-state index in [1.165, 1.54) is 0 Å². The summed E-state index contributed by atoms with van der Waals surface area (Å²) in [7, 11) is 1.73. The number of thioether (sulfide) groups is 1. The Morgan fingerprint density at radius 3 is 2.71 bits per heavy atom. The van der Waals surface area contributed by atoms with Gasteiger partial charge in [0.2, 0.25) is 5.78 Å². The fraction of sp³-hybridized carbons (Fsp3) is 0.273. The third-order valence-electron chi connectivity index (χ3n) is 5.39. The van der Waals surface area contributed by atoms with E-state index in [1.54, 1.807) is 23.4 Å². The molecule has 0 N–H and O–H groups in total. The highest BCUT2D eigenvalue weighted by Crippen LogP contribution is 2.29. The van der Waals surface area contributed by atoms with Gasteiger partial charge >= 0.3 is 0 Å². The van der Waals surface area contributed by atoms with Gasteiger partial charge in [0, 0.05) is 18.6 Å². The van der Waals surface area contributed by atoms with E-state index in [2.05, 4.69) is 21.7 Å². The van der Waals surface area contributed by atoms with Gasteiger partial charge in [0.05, 0.1) is 27.7 Å². The number of benzene rings is 2. The zero-order chi connectivity index (χ0) is 21.7. The van der Waals surface area contributed by atoms with Crippen molar-refractivity contribution in [1.82, 2.24) is 28.7 Å². The summed E-state index contributed by atoms with van der Waals surface area (Å²) in [5.74, 6) is 1.88.